The molecule has 1 aromatic carbocycles. The highest BCUT2D eigenvalue weighted by atomic mass is 16.5. The number of hydrogen-bond acceptors (Lipinski definition) is 5. The maximum Gasteiger partial charge on any atom is 0.262 e. The standard InChI is InChI=1S/C13H9N5O/c1-8-2-4-9(5-3-8)12-16-13(19-18-12)10-7-15-17-11(10)6-14/h2-5,7H,1H3,(H,15,17). The molecule has 3 rings (SSSR count). The Hall–Kier alpha value is -2.94. The van der Waals surface area contributed by atoms with E-state index in [1.807, 2.05) is 37.3 Å². The van der Waals surface area contributed by atoms with Crippen LogP contribution in [0.5, 0.6) is 0 Å². The maximum absolute atomic E-state index is 8.91. The molecule has 0 radical (unpaired) electrons. The summed E-state index contributed by atoms with van der Waals surface area (Å²) in [7, 11) is 0. The van der Waals surface area contributed by atoms with Gasteiger partial charge < -0.3 is 4.52 Å². The Bertz CT molecular complexity index is 748. The number of aromatic nitrogens is 4. The molecular formula is C13H9N5O. The predicted molar refractivity (Wildman–Crippen MR) is 66.8 cm³/mol. The molecule has 2 heterocycles. The van der Waals surface area contributed by atoms with Crippen molar-refractivity contribution in [3.63, 3.8) is 0 Å². The smallest absolute Gasteiger partial charge is 0.262 e. The lowest BCUT2D eigenvalue weighted by Crippen LogP contribution is -1.82. The number of aromatic amines is 1. The van der Waals surface area contributed by atoms with Gasteiger partial charge in [-0.1, -0.05) is 35.0 Å². The van der Waals surface area contributed by atoms with E-state index >= 15 is 0 Å². The van der Waals surface area contributed by atoms with Crippen LogP contribution in [-0.2, 0) is 0 Å². The van der Waals surface area contributed by atoms with Gasteiger partial charge in [0.05, 0.1) is 11.8 Å². The van der Waals surface area contributed by atoms with E-state index < -0.39 is 0 Å². The van der Waals surface area contributed by atoms with Crippen LogP contribution in [0.4, 0.5) is 0 Å². The van der Waals surface area contributed by atoms with E-state index in [9.17, 15) is 0 Å². The van der Waals surface area contributed by atoms with Crippen molar-refractivity contribution in [3.8, 4) is 28.9 Å². The van der Waals surface area contributed by atoms with Gasteiger partial charge in [0.15, 0.2) is 0 Å². The molecule has 92 valence electrons. The summed E-state index contributed by atoms with van der Waals surface area (Å²) in [4.78, 5) is 4.27. The molecule has 0 fully saturated rings. The Morgan fingerprint density at radius 3 is 2.79 bits per heavy atom. The van der Waals surface area contributed by atoms with Crippen molar-refractivity contribution < 1.29 is 4.52 Å². The molecule has 6 heteroatoms. The first-order chi connectivity index (χ1) is 9.28. The number of benzene rings is 1. The fourth-order valence-corrected chi connectivity index (χ4v) is 1.69. The molecule has 0 spiro atoms. The Morgan fingerprint density at radius 1 is 1.26 bits per heavy atom. The summed E-state index contributed by atoms with van der Waals surface area (Å²) in [5.41, 5.74) is 2.84. The van der Waals surface area contributed by atoms with Crippen LogP contribution in [0.3, 0.4) is 0 Å². The summed E-state index contributed by atoms with van der Waals surface area (Å²) < 4.78 is 5.16. The van der Waals surface area contributed by atoms with Crippen molar-refractivity contribution >= 4 is 0 Å². The third kappa shape index (κ3) is 1.98. The van der Waals surface area contributed by atoms with Gasteiger partial charge in [0, 0.05) is 5.56 Å². The van der Waals surface area contributed by atoms with E-state index in [-0.39, 0.29) is 5.89 Å². The van der Waals surface area contributed by atoms with Gasteiger partial charge in [-0.25, -0.2) is 0 Å². The Morgan fingerprint density at radius 2 is 2.05 bits per heavy atom. The number of nitrogens with one attached hydrogen (secondary N) is 1. The van der Waals surface area contributed by atoms with E-state index in [0.29, 0.717) is 17.1 Å². The SMILES string of the molecule is Cc1ccc(-c2noc(-c3cn[nH]c3C#N)n2)cc1. The van der Waals surface area contributed by atoms with Gasteiger partial charge in [-0.05, 0) is 6.92 Å². The van der Waals surface area contributed by atoms with Crippen LogP contribution in [0.2, 0.25) is 0 Å². The average molecular weight is 251 g/mol. The first kappa shape index (κ1) is 11.2. The lowest BCUT2D eigenvalue weighted by molar-refractivity contribution is 0.432. The molecule has 0 atom stereocenters. The average Bonchev–Trinajstić information content (AvgIpc) is 3.07. The largest absolute Gasteiger partial charge is 0.333 e. The fourth-order valence-electron chi connectivity index (χ4n) is 1.69. The van der Waals surface area contributed by atoms with Crippen LogP contribution >= 0.6 is 0 Å². The predicted octanol–water partition coefficient (Wildman–Crippen LogP) is 2.31. The van der Waals surface area contributed by atoms with Crippen LogP contribution < -0.4 is 0 Å². The highest BCUT2D eigenvalue weighted by Gasteiger charge is 2.15. The zero-order valence-electron chi connectivity index (χ0n) is 10.1. The van der Waals surface area contributed by atoms with Gasteiger partial charge in [-0.2, -0.15) is 15.3 Å². The second-order valence-corrected chi connectivity index (χ2v) is 4.06. The van der Waals surface area contributed by atoms with E-state index in [1.54, 1.807) is 0 Å². The van der Waals surface area contributed by atoms with Crippen molar-refractivity contribution in [2.75, 3.05) is 0 Å². The molecular weight excluding hydrogens is 242 g/mol. The molecule has 0 saturated heterocycles. The molecule has 0 saturated carbocycles. The Labute approximate surface area is 108 Å². The zero-order valence-corrected chi connectivity index (χ0v) is 10.1. The van der Waals surface area contributed by atoms with Gasteiger partial charge in [-0.3, -0.25) is 5.10 Å². The van der Waals surface area contributed by atoms with Crippen LogP contribution in [0.25, 0.3) is 22.8 Å². The number of hydrogen-bond donors (Lipinski definition) is 1. The van der Waals surface area contributed by atoms with E-state index in [2.05, 4.69) is 20.3 Å². The molecule has 0 amide bonds. The molecule has 0 aliphatic carbocycles. The van der Waals surface area contributed by atoms with Crippen molar-refractivity contribution in [2.24, 2.45) is 0 Å². The van der Waals surface area contributed by atoms with Crippen LogP contribution in [0.15, 0.2) is 35.0 Å². The van der Waals surface area contributed by atoms with Crippen molar-refractivity contribution in [1.82, 2.24) is 20.3 Å². The minimum atomic E-state index is 0.279. The molecule has 19 heavy (non-hydrogen) atoms. The molecule has 0 bridgehead atoms. The summed E-state index contributed by atoms with van der Waals surface area (Å²) in [6, 6.07) is 9.78. The minimum Gasteiger partial charge on any atom is -0.333 e. The third-order valence-electron chi connectivity index (χ3n) is 2.72. The highest BCUT2D eigenvalue weighted by Crippen LogP contribution is 2.23. The quantitative estimate of drug-likeness (QED) is 0.754. The summed E-state index contributed by atoms with van der Waals surface area (Å²) in [5, 5.41) is 19.2. The Kier molecular flexibility index (Phi) is 2.58. The summed E-state index contributed by atoms with van der Waals surface area (Å²) >= 11 is 0. The fraction of sp³-hybridized carbons (Fsp3) is 0.0769. The normalized spacial score (nSPS) is 10.3. The number of nitriles is 1. The first-order valence-electron chi connectivity index (χ1n) is 5.62. The first-order valence-corrected chi connectivity index (χ1v) is 5.62. The summed E-state index contributed by atoms with van der Waals surface area (Å²) in [5.74, 6) is 0.765. The van der Waals surface area contributed by atoms with E-state index in [4.69, 9.17) is 9.78 Å². The van der Waals surface area contributed by atoms with Crippen molar-refractivity contribution in [1.29, 1.82) is 5.26 Å². The lowest BCUT2D eigenvalue weighted by atomic mass is 10.1. The van der Waals surface area contributed by atoms with Crippen LogP contribution in [-0.4, -0.2) is 20.3 Å². The maximum atomic E-state index is 8.91. The molecule has 0 aliphatic heterocycles. The molecule has 1 N–H and O–H groups in total. The second-order valence-electron chi connectivity index (χ2n) is 4.06. The Balaban J connectivity index is 2.00. The molecule has 3 aromatic rings. The van der Waals surface area contributed by atoms with Gasteiger partial charge in [0.2, 0.25) is 5.82 Å². The third-order valence-corrected chi connectivity index (χ3v) is 2.72. The highest BCUT2D eigenvalue weighted by molar-refractivity contribution is 5.63. The van der Waals surface area contributed by atoms with Crippen LogP contribution in [0.1, 0.15) is 11.3 Å². The van der Waals surface area contributed by atoms with Crippen LogP contribution in [0, 0.1) is 18.3 Å². The van der Waals surface area contributed by atoms with Gasteiger partial charge in [0.25, 0.3) is 5.89 Å². The topological polar surface area (TPSA) is 91.4 Å². The number of aryl methyl sites for hydroxylation is 1. The van der Waals surface area contributed by atoms with Crippen molar-refractivity contribution in [2.45, 2.75) is 6.92 Å². The zero-order chi connectivity index (χ0) is 13.2. The number of rotatable bonds is 2. The molecule has 0 unspecified atom stereocenters. The number of H-pyrrole nitrogens is 1. The number of nitrogens with zero attached hydrogens (tertiary/aromatic N) is 4. The van der Waals surface area contributed by atoms with E-state index in [0.717, 1.165) is 11.1 Å². The summed E-state index contributed by atoms with van der Waals surface area (Å²) in [6.45, 7) is 2.01. The lowest BCUT2D eigenvalue weighted by Gasteiger charge is -1.94. The second kappa shape index (κ2) is 4.38. The van der Waals surface area contributed by atoms with Gasteiger partial charge >= 0.3 is 0 Å². The van der Waals surface area contributed by atoms with E-state index in [1.165, 1.54) is 6.20 Å². The minimum absolute atomic E-state index is 0.279. The monoisotopic (exact) mass is 251 g/mol. The molecule has 0 aliphatic rings. The molecule has 6 nitrogen and oxygen atoms in total. The summed E-state index contributed by atoms with van der Waals surface area (Å²) in [6.07, 6.45) is 1.49. The molecule has 2 aromatic heterocycles. The van der Waals surface area contributed by atoms with Gasteiger partial charge in [-0.15, -0.1) is 0 Å². The van der Waals surface area contributed by atoms with Crippen molar-refractivity contribution in [3.05, 3.63) is 41.7 Å². The van der Waals surface area contributed by atoms with Gasteiger partial charge in [0.1, 0.15) is 11.8 Å².